The molecule has 2 aromatic heterocycles. The second kappa shape index (κ2) is 11.4. The molecule has 4 heterocycles. The summed E-state index contributed by atoms with van der Waals surface area (Å²) in [6.07, 6.45) is 8.44. The van der Waals surface area contributed by atoms with Crippen LogP contribution in [0.25, 0.3) is 33.0 Å². The smallest absolute Gasteiger partial charge is 0.259 e. The number of rotatable bonds is 10. The summed E-state index contributed by atoms with van der Waals surface area (Å²) in [5, 5.41) is 3.91. The van der Waals surface area contributed by atoms with Gasteiger partial charge < -0.3 is 33.4 Å². The number of amides is 2. The summed E-state index contributed by atoms with van der Waals surface area (Å²) < 4.78 is 24.9. The molecule has 0 spiro atoms. The highest BCUT2D eigenvalue weighted by Crippen LogP contribution is 2.46. The third-order valence-electron chi connectivity index (χ3n) is 8.37. The zero-order valence-corrected chi connectivity index (χ0v) is 24.5. The van der Waals surface area contributed by atoms with Crippen molar-refractivity contribution >= 4 is 44.8 Å². The number of aromatic amines is 1. The number of aryl methyl sites for hydroxylation is 1. The van der Waals surface area contributed by atoms with Crippen molar-refractivity contribution in [1.29, 1.82) is 0 Å². The van der Waals surface area contributed by atoms with Crippen molar-refractivity contribution in [2.75, 3.05) is 48.1 Å². The van der Waals surface area contributed by atoms with E-state index in [2.05, 4.69) is 19.8 Å². The van der Waals surface area contributed by atoms with Gasteiger partial charge in [-0.25, -0.2) is 0 Å². The molecule has 2 aliphatic rings. The van der Waals surface area contributed by atoms with Gasteiger partial charge in [0.25, 0.3) is 11.8 Å². The van der Waals surface area contributed by atoms with Gasteiger partial charge in [0.2, 0.25) is 0 Å². The lowest BCUT2D eigenvalue weighted by Crippen LogP contribution is -2.31. The Bertz CT molecular complexity index is 1710. The van der Waals surface area contributed by atoms with Crippen molar-refractivity contribution in [2.45, 2.75) is 32.2 Å². The van der Waals surface area contributed by atoms with Crippen LogP contribution in [-0.2, 0) is 16.1 Å². The van der Waals surface area contributed by atoms with E-state index in [0.717, 1.165) is 49.0 Å². The van der Waals surface area contributed by atoms with Gasteiger partial charge in [-0.3, -0.25) is 14.9 Å². The monoisotopic (exact) mass is 572 g/mol. The lowest BCUT2D eigenvalue weighted by Gasteiger charge is -2.26. The van der Waals surface area contributed by atoms with Gasteiger partial charge in [0, 0.05) is 30.1 Å². The molecule has 10 nitrogen and oxygen atoms in total. The molecule has 2 aliphatic heterocycles. The molecular formula is C32H36N4O6. The Balaban J connectivity index is 1.55. The van der Waals surface area contributed by atoms with E-state index in [1.807, 2.05) is 24.4 Å². The van der Waals surface area contributed by atoms with Crippen molar-refractivity contribution in [3.8, 4) is 23.0 Å². The van der Waals surface area contributed by atoms with Gasteiger partial charge in [-0.2, -0.15) is 0 Å². The van der Waals surface area contributed by atoms with Crippen molar-refractivity contribution in [3.05, 3.63) is 47.8 Å². The maximum atomic E-state index is 13.6. The lowest BCUT2D eigenvalue weighted by molar-refractivity contribution is -0.122. The third kappa shape index (κ3) is 4.56. The highest BCUT2D eigenvalue weighted by Gasteiger charge is 2.37. The van der Waals surface area contributed by atoms with E-state index in [0.29, 0.717) is 39.5 Å². The molecule has 1 saturated heterocycles. The first-order chi connectivity index (χ1) is 20.5. The Morgan fingerprint density at radius 3 is 2.05 bits per heavy atom. The van der Waals surface area contributed by atoms with Gasteiger partial charge in [-0.15, -0.1) is 0 Å². The largest absolute Gasteiger partial charge is 0.493 e. The molecule has 0 saturated carbocycles. The Labute approximate surface area is 244 Å². The number of fused-ring (bicyclic) bond motifs is 2. The number of H-pyrrole nitrogens is 1. The van der Waals surface area contributed by atoms with Crippen LogP contribution in [-0.4, -0.2) is 74.3 Å². The number of carbonyl (C=O) groups excluding carboxylic acids is 2. The fourth-order valence-corrected chi connectivity index (χ4v) is 6.43. The van der Waals surface area contributed by atoms with Crippen LogP contribution in [0, 0.1) is 0 Å². The molecule has 4 aromatic rings. The van der Waals surface area contributed by atoms with Crippen LogP contribution in [0.1, 0.15) is 36.8 Å². The molecule has 10 heteroatoms. The summed E-state index contributed by atoms with van der Waals surface area (Å²) in [5.41, 5.74) is 3.34. The zero-order valence-electron chi connectivity index (χ0n) is 24.5. The molecule has 0 unspecified atom stereocenters. The molecular weight excluding hydrogens is 536 g/mol. The molecule has 0 aliphatic carbocycles. The van der Waals surface area contributed by atoms with E-state index < -0.39 is 11.8 Å². The topological polar surface area (TPSA) is 107 Å². The first-order valence-electron chi connectivity index (χ1n) is 14.3. The van der Waals surface area contributed by atoms with E-state index in [-0.39, 0.29) is 11.1 Å². The summed E-state index contributed by atoms with van der Waals surface area (Å²) >= 11 is 0. The molecule has 2 amide bonds. The van der Waals surface area contributed by atoms with Crippen molar-refractivity contribution in [3.63, 3.8) is 0 Å². The molecule has 42 heavy (non-hydrogen) atoms. The average molecular weight is 573 g/mol. The number of carbonyl (C=O) groups is 2. The number of aromatic nitrogens is 2. The summed E-state index contributed by atoms with van der Waals surface area (Å²) in [6, 6.07) is 7.51. The summed E-state index contributed by atoms with van der Waals surface area (Å²) in [5.74, 6) is 1.11. The quantitative estimate of drug-likeness (QED) is 0.268. The molecule has 1 fully saturated rings. The van der Waals surface area contributed by atoms with Crippen LogP contribution in [0.5, 0.6) is 23.0 Å². The predicted octanol–water partition coefficient (Wildman–Crippen LogP) is 4.60. The Morgan fingerprint density at radius 2 is 1.38 bits per heavy atom. The Kier molecular flexibility index (Phi) is 7.55. The second-order valence-corrected chi connectivity index (χ2v) is 10.6. The van der Waals surface area contributed by atoms with Crippen LogP contribution >= 0.6 is 0 Å². The number of nitrogens with zero attached hydrogens (tertiary/aromatic N) is 2. The standard InChI is InChI=1S/C32H36N4O6/c1-39-23-11-9-21-25(29(23)41-3)19(17-33-21)27-28(32(38)34-31(27)37)20-18-36(16-8-15-35-13-6-5-7-14-35)22-10-12-24(40-2)30(42-4)26(20)22/h9-12,17-18,33H,5-8,13-16H2,1-4H3,(H,34,37,38). The molecule has 0 radical (unpaired) electrons. The molecule has 2 aromatic carbocycles. The number of piperidine rings is 1. The fourth-order valence-electron chi connectivity index (χ4n) is 6.43. The minimum absolute atomic E-state index is 0.259. The van der Waals surface area contributed by atoms with Gasteiger partial charge >= 0.3 is 0 Å². The maximum absolute atomic E-state index is 13.6. The van der Waals surface area contributed by atoms with Gasteiger partial charge in [0.05, 0.1) is 61.4 Å². The maximum Gasteiger partial charge on any atom is 0.259 e. The van der Waals surface area contributed by atoms with E-state index in [4.69, 9.17) is 18.9 Å². The number of nitrogens with one attached hydrogen (secondary N) is 2. The van der Waals surface area contributed by atoms with Crippen molar-refractivity contribution in [1.82, 2.24) is 19.8 Å². The first kappa shape index (κ1) is 27.7. The van der Waals surface area contributed by atoms with Gasteiger partial charge in [0.15, 0.2) is 23.0 Å². The molecule has 0 atom stereocenters. The highest BCUT2D eigenvalue weighted by atomic mass is 16.5. The average Bonchev–Trinajstić information content (AvgIpc) is 3.68. The van der Waals surface area contributed by atoms with E-state index in [1.165, 1.54) is 19.3 Å². The van der Waals surface area contributed by atoms with Gasteiger partial charge in [-0.1, -0.05) is 6.42 Å². The minimum Gasteiger partial charge on any atom is -0.493 e. The number of methoxy groups -OCH3 is 4. The summed E-state index contributed by atoms with van der Waals surface area (Å²) in [7, 11) is 6.28. The zero-order chi connectivity index (χ0) is 29.4. The van der Waals surface area contributed by atoms with E-state index in [9.17, 15) is 9.59 Å². The SMILES string of the molecule is COc1ccc2[nH]cc(C3=C(c4cn(CCCN5CCCCC5)c5ccc(OC)c(OC)c45)C(=O)NC3=O)c2c1OC. The summed E-state index contributed by atoms with van der Waals surface area (Å²) in [6.45, 7) is 4.03. The Hall–Kier alpha value is -4.44. The number of benzene rings is 2. The number of ether oxygens (including phenoxy) is 4. The lowest BCUT2D eigenvalue weighted by atomic mass is 9.95. The fraction of sp³-hybridized carbons (Fsp3) is 0.375. The molecule has 6 rings (SSSR count). The number of likely N-dealkylation sites (tertiary alicyclic amines) is 1. The molecule has 220 valence electrons. The van der Waals surface area contributed by atoms with Crippen LogP contribution in [0.2, 0.25) is 0 Å². The molecule has 2 N–H and O–H groups in total. The third-order valence-corrected chi connectivity index (χ3v) is 8.37. The number of hydrogen-bond acceptors (Lipinski definition) is 7. The minimum atomic E-state index is -0.478. The van der Waals surface area contributed by atoms with E-state index in [1.54, 1.807) is 40.7 Å². The number of hydrogen-bond donors (Lipinski definition) is 2. The van der Waals surface area contributed by atoms with Crippen LogP contribution < -0.4 is 24.3 Å². The van der Waals surface area contributed by atoms with Crippen molar-refractivity contribution < 1.29 is 28.5 Å². The van der Waals surface area contributed by atoms with Gasteiger partial charge in [-0.05, 0) is 63.2 Å². The number of imide groups is 1. The predicted molar refractivity (Wildman–Crippen MR) is 161 cm³/mol. The first-order valence-corrected chi connectivity index (χ1v) is 14.3. The van der Waals surface area contributed by atoms with E-state index >= 15 is 0 Å². The van der Waals surface area contributed by atoms with Crippen molar-refractivity contribution in [2.24, 2.45) is 0 Å². The van der Waals surface area contributed by atoms with Gasteiger partial charge in [0.1, 0.15) is 0 Å². The molecule has 0 bridgehead atoms. The van der Waals surface area contributed by atoms with Crippen LogP contribution in [0.15, 0.2) is 36.7 Å². The highest BCUT2D eigenvalue weighted by molar-refractivity contribution is 6.51. The summed E-state index contributed by atoms with van der Waals surface area (Å²) in [4.78, 5) is 32.8. The Morgan fingerprint density at radius 1 is 0.738 bits per heavy atom. The second-order valence-electron chi connectivity index (χ2n) is 10.6. The normalized spacial score (nSPS) is 16.0. The van der Waals surface area contributed by atoms with Crippen LogP contribution in [0.3, 0.4) is 0 Å². The van der Waals surface area contributed by atoms with Crippen LogP contribution in [0.4, 0.5) is 0 Å².